The van der Waals surface area contributed by atoms with Crippen molar-refractivity contribution in [3.05, 3.63) is 12.1 Å². The predicted molar refractivity (Wildman–Crippen MR) is 123 cm³/mol. The van der Waals surface area contributed by atoms with Crippen LogP contribution in [0.1, 0.15) is 19.3 Å². The molecule has 0 bridgehead atoms. The molecule has 2 aromatic rings. The zero-order valence-electron chi connectivity index (χ0n) is 18.9. The first-order valence-electron chi connectivity index (χ1n) is 11.0. The molecule has 2 saturated heterocycles. The lowest BCUT2D eigenvalue weighted by Gasteiger charge is -2.28. The molecule has 2 aliphatic heterocycles. The number of morpholine rings is 1. The van der Waals surface area contributed by atoms with Gasteiger partial charge in [0.15, 0.2) is 5.13 Å². The van der Waals surface area contributed by atoms with Crippen molar-refractivity contribution in [1.82, 2.24) is 14.8 Å². The highest BCUT2D eigenvalue weighted by molar-refractivity contribution is 7.22. The normalized spacial score (nSPS) is 17.1. The van der Waals surface area contributed by atoms with Gasteiger partial charge in [-0.3, -0.25) is 29.1 Å². The van der Waals surface area contributed by atoms with Gasteiger partial charge in [-0.15, -0.1) is 0 Å². The Balaban J connectivity index is 1.59. The number of amides is 3. The number of benzene rings is 1. The maximum absolute atomic E-state index is 13.3. The molecule has 0 spiro atoms. The number of imide groups is 1. The summed E-state index contributed by atoms with van der Waals surface area (Å²) in [7, 11) is 3.15. The fourth-order valence-corrected chi connectivity index (χ4v) is 5.13. The van der Waals surface area contributed by atoms with Gasteiger partial charge in [0.2, 0.25) is 17.7 Å². The Hall–Kier alpha value is -2.76. The van der Waals surface area contributed by atoms with Crippen molar-refractivity contribution in [2.75, 3.05) is 65.1 Å². The van der Waals surface area contributed by atoms with Gasteiger partial charge in [0, 0.05) is 39.0 Å². The van der Waals surface area contributed by atoms with E-state index in [0.29, 0.717) is 41.9 Å². The van der Waals surface area contributed by atoms with Crippen LogP contribution in [-0.2, 0) is 19.1 Å². The van der Waals surface area contributed by atoms with Gasteiger partial charge in [-0.2, -0.15) is 0 Å². The summed E-state index contributed by atoms with van der Waals surface area (Å²) in [4.78, 5) is 47.1. The summed E-state index contributed by atoms with van der Waals surface area (Å²) in [6.07, 6.45) is 1.02. The molecule has 0 saturated carbocycles. The lowest BCUT2D eigenvalue weighted by molar-refractivity contribution is -0.141. The van der Waals surface area contributed by atoms with Crippen molar-refractivity contribution in [3.8, 4) is 11.5 Å². The molecule has 3 amide bonds. The maximum Gasteiger partial charge on any atom is 0.248 e. The number of likely N-dealkylation sites (tertiary alicyclic amines) is 1. The molecule has 3 heterocycles. The average Bonchev–Trinajstić information content (AvgIpc) is 3.41. The molecule has 2 aliphatic rings. The molecule has 0 unspecified atom stereocenters. The van der Waals surface area contributed by atoms with Crippen LogP contribution in [0.15, 0.2) is 12.1 Å². The second-order valence-electron chi connectivity index (χ2n) is 7.87. The first-order valence-corrected chi connectivity index (χ1v) is 11.8. The lowest BCUT2D eigenvalue weighted by Crippen LogP contribution is -2.44. The van der Waals surface area contributed by atoms with Gasteiger partial charge in [0.25, 0.3) is 0 Å². The number of ether oxygens (including phenoxy) is 3. The minimum absolute atomic E-state index is 0.151. The van der Waals surface area contributed by atoms with Crippen molar-refractivity contribution < 1.29 is 28.6 Å². The van der Waals surface area contributed by atoms with Crippen LogP contribution in [0.5, 0.6) is 11.5 Å². The SMILES string of the molecule is COc1ccc(OC)c2sc(N(CCCN3CCOCC3)C(=O)CN3C(=O)CCC3=O)nc12. The third-order valence-electron chi connectivity index (χ3n) is 5.84. The largest absolute Gasteiger partial charge is 0.495 e. The zero-order valence-corrected chi connectivity index (χ0v) is 19.7. The highest BCUT2D eigenvalue weighted by Crippen LogP contribution is 2.40. The average molecular weight is 477 g/mol. The molecule has 178 valence electrons. The van der Waals surface area contributed by atoms with E-state index in [1.807, 2.05) is 0 Å². The van der Waals surface area contributed by atoms with Gasteiger partial charge in [-0.05, 0) is 18.6 Å². The summed E-state index contributed by atoms with van der Waals surface area (Å²) in [5.41, 5.74) is 0.608. The summed E-state index contributed by atoms with van der Waals surface area (Å²) in [6, 6.07) is 3.58. The third-order valence-corrected chi connectivity index (χ3v) is 6.93. The Bertz CT molecular complexity index is 978. The molecule has 0 atom stereocenters. The molecular weight excluding hydrogens is 448 g/mol. The van der Waals surface area contributed by atoms with E-state index >= 15 is 0 Å². The van der Waals surface area contributed by atoms with Crippen LogP contribution < -0.4 is 14.4 Å². The van der Waals surface area contributed by atoms with E-state index in [9.17, 15) is 14.4 Å². The van der Waals surface area contributed by atoms with Crippen molar-refractivity contribution >= 4 is 44.4 Å². The van der Waals surface area contributed by atoms with Crippen LogP contribution in [0.4, 0.5) is 5.13 Å². The van der Waals surface area contributed by atoms with Gasteiger partial charge in [0.1, 0.15) is 28.3 Å². The second kappa shape index (κ2) is 10.4. The number of hydrogen-bond acceptors (Lipinski definition) is 9. The number of aromatic nitrogens is 1. The smallest absolute Gasteiger partial charge is 0.248 e. The lowest BCUT2D eigenvalue weighted by atomic mass is 10.3. The van der Waals surface area contributed by atoms with Crippen molar-refractivity contribution in [2.24, 2.45) is 0 Å². The zero-order chi connectivity index (χ0) is 23.4. The Morgan fingerprint density at radius 2 is 1.79 bits per heavy atom. The molecule has 33 heavy (non-hydrogen) atoms. The van der Waals surface area contributed by atoms with E-state index in [1.54, 1.807) is 31.3 Å². The van der Waals surface area contributed by atoms with E-state index < -0.39 is 0 Å². The molecule has 1 aromatic heterocycles. The van der Waals surface area contributed by atoms with Crippen LogP contribution >= 0.6 is 11.3 Å². The van der Waals surface area contributed by atoms with Crippen molar-refractivity contribution in [1.29, 1.82) is 0 Å². The summed E-state index contributed by atoms with van der Waals surface area (Å²) < 4.78 is 17.1. The summed E-state index contributed by atoms with van der Waals surface area (Å²) in [5.74, 6) is 0.264. The molecule has 10 nitrogen and oxygen atoms in total. The molecular formula is C22H28N4O6S. The van der Waals surface area contributed by atoms with E-state index in [-0.39, 0.29) is 37.1 Å². The fraction of sp³-hybridized carbons (Fsp3) is 0.545. The van der Waals surface area contributed by atoms with Crippen molar-refractivity contribution in [2.45, 2.75) is 19.3 Å². The quantitative estimate of drug-likeness (QED) is 0.502. The summed E-state index contributed by atoms with van der Waals surface area (Å²) in [6.45, 7) is 4.08. The number of nitrogens with zero attached hydrogens (tertiary/aromatic N) is 4. The topological polar surface area (TPSA) is 102 Å². The molecule has 4 rings (SSSR count). The third kappa shape index (κ3) is 5.10. The van der Waals surface area contributed by atoms with Gasteiger partial charge >= 0.3 is 0 Å². The van der Waals surface area contributed by atoms with Gasteiger partial charge in [-0.1, -0.05) is 11.3 Å². The van der Waals surface area contributed by atoms with E-state index in [2.05, 4.69) is 9.88 Å². The molecule has 0 aliphatic carbocycles. The Morgan fingerprint density at radius 1 is 1.12 bits per heavy atom. The highest BCUT2D eigenvalue weighted by atomic mass is 32.1. The maximum atomic E-state index is 13.3. The fourth-order valence-electron chi connectivity index (χ4n) is 4.01. The number of methoxy groups -OCH3 is 2. The van der Waals surface area contributed by atoms with E-state index in [4.69, 9.17) is 14.2 Å². The molecule has 0 radical (unpaired) electrons. The molecule has 1 aromatic carbocycles. The number of carbonyl (C=O) groups is 3. The number of anilines is 1. The Kier molecular flexibility index (Phi) is 7.41. The monoisotopic (exact) mass is 476 g/mol. The number of rotatable bonds is 9. The van der Waals surface area contributed by atoms with Gasteiger partial charge in [-0.25, -0.2) is 4.98 Å². The highest BCUT2D eigenvalue weighted by Gasteiger charge is 2.33. The number of carbonyl (C=O) groups excluding carboxylic acids is 3. The minimum atomic E-state index is -0.336. The molecule has 2 fully saturated rings. The van der Waals surface area contributed by atoms with Gasteiger partial charge < -0.3 is 14.2 Å². The van der Waals surface area contributed by atoms with Crippen LogP contribution in [0.25, 0.3) is 10.2 Å². The number of hydrogen-bond donors (Lipinski definition) is 0. The Labute approximate surface area is 196 Å². The second-order valence-corrected chi connectivity index (χ2v) is 8.85. The van der Waals surface area contributed by atoms with Gasteiger partial charge in [0.05, 0.1) is 27.4 Å². The van der Waals surface area contributed by atoms with Crippen LogP contribution in [0.3, 0.4) is 0 Å². The number of thiazole rings is 1. The summed E-state index contributed by atoms with van der Waals surface area (Å²) in [5, 5.41) is 0.485. The van der Waals surface area contributed by atoms with E-state index in [0.717, 1.165) is 35.7 Å². The minimum Gasteiger partial charge on any atom is -0.495 e. The standard InChI is InChI=1S/C22H28N4O6S/c1-30-15-4-5-16(31-2)21-20(15)23-22(33-21)25(9-3-8-24-10-12-32-13-11-24)19(29)14-26-17(27)6-7-18(26)28/h4-5H,3,6-14H2,1-2H3. The van der Waals surface area contributed by atoms with Crippen LogP contribution in [-0.4, -0.2) is 92.7 Å². The first-order chi connectivity index (χ1) is 16.0. The van der Waals surface area contributed by atoms with Crippen LogP contribution in [0.2, 0.25) is 0 Å². The Morgan fingerprint density at radius 3 is 2.45 bits per heavy atom. The molecule has 0 N–H and O–H groups in total. The van der Waals surface area contributed by atoms with Crippen LogP contribution in [0, 0.1) is 0 Å². The first kappa shape index (κ1) is 23.4. The summed E-state index contributed by atoms with van der Waals surface area (Å²) >= 11 is 1.33. The predicted octanol–water partition coefficient (Wildman–Crippen LogP) is 1.52. The molecule has 11 heteroatoms. The van der Waals surface area contributed by atoms with E-state index in [1.165, 1.54) is 11.3 Å². The van der Waals surface area contributed by atoms with Crippen molar-refractivity contribution in [3.63, 3.8) is 0 Å². The number of fused-ring (bicyclic) bond motifs is 1.